The van der Waals surface area contributed by atoms with Crippen LogP contribution in [0.25, 0.3) is 0 Å². The molecule has 146 valence electrons. The lowest BCUT2D eigenvalue weighted by atomic mass is 10.1. The van der Waals surface area contributed by atoms with Gasteiger partial charge in [0.05, 0.1) is 14.6 Å². The van der Waals surface area contributed by atoms with Crippen LogP contribution in [0, 0.1) is 0 Å². The van der Waals surface area contributed by atoms with Gasteiger partial charge >= 0.3 is 0 Å². The summed E-state index contributed by atoms with van der Waals surface area (Å²) in [5.41, 5.74) is -1.88. The molecule has 0 aromatic carbocycles. The van der Waals surface area contributed by atoms with Gasteiger partial charge in [-0.3, -0.25) is 0 Å². The summed E-state index contributed by atoms with van der Waals surface area (Å²) in [6.45, 7) is 0. The molecule has 3 aliphatic rings. The number of hydrogen-bond acceptors (Lipinski definition) is 6. The van der Waals surface area contributed by atoms with Crippen molar-refractivity contribution < 1.29 is 25.3 Å². The lowest BCUT2D eigenvalue weighted by molar-refractivity contribution is 0.625. The summed E-state index contributed by atoms with van der Waals surface area (Å²) in [6.07, 6.45) is 19.4. The Hall–Kier alpha value is -2.06. The Labute approximate surface area is 168 Å². The second-order valence-electron chi connectivity index (χ2n) is 5.93. The van der Waals surface area contributed by atoms with E-state index in [9.17, 15) is 25.3 Å². The molecule has 0 radical (unpaired) electrons. The van der Waals surface area contributed by atoms with Gasteiger partial charge in [0, 0.05) is 17.0 Å². The first-order valence-electron chi connectivity index (χ1n) is 8.12. The smallest absolute Gasteiger partial charge is 0.184 e. The molecule has 0 aromatic rings. The highest BCUT2D eigenvalue weighted by Gasteiger charge is 2.40. The van der Waals surface area contributed by atoms with Gasteiger partial charge in [0.2, 0.25) is 30.9 Å². The van der Waals surface area contributed by atoms with Crippen LogP contribution in [0.5, 0.6) is 0 Å². The molecule has 0 saturated carbocycles. The Morgan fingerprint density at radius 2 is 0.786 bits per heavy atom. The summed E-state index contributed by atoms with van der Waals surface area (Å²) in [6, 6.07) is 0. The minimum Gasteiger partial charge on any atom is -0.184 e. The van der Waals surface area contributed by atoms with Crippen molar-refractivity contribution >= 4 is 53.4 Å². The van der Waals surface area contributed by atoms with Gasteiger partial charge in [0.1, 0.15) is 0 Å². The van der Waals surface area contributed by atoms with Crippen LogP contribution in [-0.4, -0.2) is 56.8 Å². The van der Waals surface area contributed by atoms with Crippen LogP contribution in [0.3, 0.4) is 0 Å². The van der Waals surface area contributed by atoms with Crippen LogP contribution in [0.2, 0.25) is 0 Å². The maximum atomic E-state index is 11.8. The summed E-state index contributed by atoms with van der Waals surface area (Å²) in [5.74, 6) is 0. The van der Waals surface area contributed by atoms with Crippen LogP contribution in [0.1, 0.15) is 0 Å². The molecular formula is C18H15O6PS3. The first kappa shape index (κ1) is 20.7. The molecule has 10 heteroatoms. The van der Waals surface area contributed by atoms with Crippen LogP contribution >= 0.6 is 7.92 Å². The molecule has 0 heterocycles. The number of allylic oxidation sites excluding steroid dienone is 12. The molecule has 0 aliphatic heterocycles. The van der Waals surface area contributed by atoms with E-state index in [-0.39, 0.29) is 14.6 Å². The SMILES string of the molecule is O=S(=O)=C1C=CC=CC1P(C1C=CC=CC1=S(=O)=O)C1C=CC=CC1=S(=O)=O. The molecule has 6 nitrogen and oxygen atoms in total. The Bertz CT molecular complexity index is 1100. The van der Waals surface area contributed by atoms with E-state index in [1.165, 1.54) is 18.2 Å². The van der Waals surface area contributed by atoms with Gasteiger partial charge in [-0.1, -0.05) is 62.6 Å². The van der Waals surface area contributed by atoms with E-state index in [0.29, 0.717) is 0 Å². The topological polar surface area (TPSA) is 102 Å². The van der Waals surface area contributed by atoms with Gasteiger partial charge in [-0.05, 0) is 18.2 Å². The maximum absolute atomic E-state index is 11.8. The predicted molar refractivity (Wildman–Crippen MR) is 115 cm³/mol. The third kappa shape index (κ3) is 4.17. The zero-order chi connectivity index (χ0) is 20.3. The van der Waals surface area contributed by atoms with E-state index in [2.05, 4.69) is 0 Å². The molecule has 0 fully saturated rings. The van der Waals surface area contributed by atoms with E-state index >= 15 is 0 Å². The zero-order valence-electron chi connectivity index (χ0n) is 14.3. The Balaban J connectivity index is 2.28. The van der Waals surface area contributed by atoms with Crippen molar-refractivity contribution in [3.05, 3.63) is 72.9 Å². The molecule has 0 amide bonds. The highest BCUT2D eigenvalue weighted by molar-refractivity contribution is 7.79. The monoisotopic (exact) mass is 454 g/mol. The van der Waals surface area contributed by atoms with E-state index < -0.39 is 55.8 Å². The van der Waals surface area contributed by atoms with Gasteiger partial charge in [-0.25, -0.2) is 0 Å². The lowest BCUT2D eigenvalue weighted by Gasteiger charge is -2.37. The number of rotatable bonds is 3. The fourth-order valence-electron chi connectivity index (χ4n) is 3.26. The van der Waals surface area contributed by atoms with Crippen LogP contribution in [-0.2, 0) is 30.9 Å². The van der Waals surface area contributed by atoms with Crippen molar-refractivity contribution in [3.63, 3.8) is 0 Å². The molecule has 0 saturated heterocycles. The first-order valence-corrected chi connectivity index (χ1v) is 12.9. The lowest BCUT2D eigenvalue weighted by Crippen LogP contribution is -2.35. The average Bonchev–Trinajstić information content (AvgIpc) is 2.69. The van der Waals surface area contributed by atoms with Crippen molar-refractivity contribution in [1.82, 2.24) is 0 Å². The van der Waals surface area contributed by atoms with Crippen LogP contribution in [0.15, 0.2) is 72.9 Å². The van der Waals surface area contributed by atoms with Gasteiger partial charge in [0.15, 0.2) is 0 Å². The van der Waals surface area contributed by atoms with Crippen LogP contribution < -0.4 is 0 Å². The molecule has 0 aromatic heterocycles. The molecule has 0 N–H and O–H groups in total. The summed E-state index contributed by atoms with van der Waals surface area (Å²) in [4.78, 5) is 0.352. The first-order chi connectivity index (χ1) is 13.4. The molecule has 0 bridgehead atoms. The summed E-state index contributed by atoms with van der Waals surface area (Å²) in [7, 11) is -9.10. The fraction of sp³-hybridized carbons (Fsp3) is 0.167. The Morgan fingerprint density at radius 1 is 0.500 bits per heavy atom. The van der Waals surface area contributed by atoms with Gasteiger partial charge < -0.3 is 0 Å². The standard InChI is InChI=1S/C18H15O6PS3/c19-26(20)16-10-4-1-7-13(16)25(14-8-2-5-11-17(14)27(21)22)15-9-3-6-12-18(15)28(23)24/h1-15H. The second-order valence-corrected chi connectivity index (χ2v) is 11.3. The highest BCUT2D eigenvalue weighted by Crippen LogP contribution is 2.55. The van der Waals surface area contributed by atoms with Crippen molar-refractivity contribution in [3.8, 4) is 0 Å². The molecular weight excluding hydrogens is 439 g/mol. The highest BCUT2D eigenvalue weighted by atomic mass is 32.2. The second kappa shape index (κ2) is 8.96. The van der Waals surface area contributed by atoms with E-state index in [1.807, 2.05) is 0 Å². The Kier molecular flexibility index (Phi) is 6.61. The largest absolute Gasteiger partial charge is 0.218 e. The fourth-order valence-corrected chi connectivity index (χ4v) is 9.60. The van der Waals surface area contributed by atoms with Crippen molar-refractivity contribution in [1.29, 1.82) is 0 Å². The molecule has 3 unspecified atom stereocenters. The van der Waals surface area contributed by atoms with E-state index in [0.717, 1.165) is 0 Å². The molecule has 3 atom stereocenters. The molecule has 3 aliphatic carbocycles. The zero-order valence-corrected chi connectivity index (χ0v) is 17.6. The summed E-state index contributed by atoms with van der Waals surface area (Å²) < 4.78 is 71.0. The van der Waals surface area contributed by atoms with Crippen molar-refractivity contribution in [2.45, 2.75) is 17.0 Å². The maximum Gasteiger partial charge on any atom is 0.218 e. The van der Waals surface area contributed by atoms with E-state index in [1.54, 1.807) is 54.7 Å². The quantitative estimate of drug-likeness (QED) is 0.468. The van der Waals surface area contributed by atoms with Crippen molar-refractivity contribution in [2.24, 2.45) is 0 Å². The third-order valence-corrected chi connectivity index (χ3v) is 10.5. The summed E-state index contributed by atoms with van der Waals surface area (Å²) in [5, 5.41) is 0. The summed E-state index contributed by atoms with van der Waals surface area (Å²) >= 11 is 0. The third-order valence-electron chi connectivity index (χ3n) is 4.41. The molecule has 28 heavy (non-hydrogen) atoms. The normalized spacial score (nSPS) is 26.6. The van der Waals surface area contributed by atoms with E-state index in [4.69, 9.17) is 0 Å². The minimum atomic E-state index is -2.52. The Morgan fingerprint density at radius 3 is 1.04 bits per heavy atom. The van der Waals surface area contributed by atoms with Gasteiger partial charge in [-0.15, -0.1) is 0 Å². The molecule has 0 spiro atoms. The van der Waals surface area contributed by atoms with Crippen molar-refractivity contribution in [2.75, 3.05) is 0 Å². The number of hydrogen-bond donors (Lipinski definition) is 0. The predicted octanol–water partition coefficient (Wildman–Crippen LogP) is 1.11. The van der Waals surface area contributed by atoms with Gasteiger partial charge in [-0.2, -0.15) is 25.3 Å². The van der Waals surface area contributed by atoms with Gasteiger partial charge in [0.25, 0.3) is 0 Å². The average molecular weight is 454 g/mol. The minimum absolute atomic E-state index is 0.117. The van der Waals surface area contributed by atoms with Crippen LogP contribution in [0.4, 0.5) is 0 Å². The molecule has 3 rings (SSSR count).